The van der Waals surface area contributed by atoms with E-state index in [0.29, 0.717) is 6.07 Å². The largest absolute Gasteiger partial charge is 0.350 e. The summed E-state index contributed by atoms with van der Waals surface area (Å²) in [7, 11) is 1.77. The van der Waals surface area contributed by atoms with Crippen LogP contribution in [0.1, 0.15) is 41.1 Å². The van der Waals surface area contributed by atoms with Gasteiger partial charge in [0.1, 0.15) is 12.2 Å². The molecule has 150 valence electrons. The Morgan fingerprint density at radius 3 is 2.50 bits per heavy atom. The number of carbonyl (C=O) groups excluding carboxylic acids is 1. The predicted molar refractivity (Wildman–Crippen MR) is 92.0 cm³/mol. The molecule has 7 nitrogen and oxygen atoms in total. The summed E-state index contributed by atoms with van der Waals surface area (Å²) in [6, 6.07) is 0.682. The van der Waals surface area contributed by atoms with E-state index in [1.165, 1.54) is 6.92 Å². The molecular formula is C17H18F4N6O. The van der Waals surface area contributed by atoms with Crippen LogP contribution in [0.2, 0.25) is 0 Å². The molecule has 0 saturated heterocycles. The van der Waals surface area contributed by atoms with E-state index in [0.717, 1.165) is 15.9 Å². The minimum Gasteiger partial charge on any atom is -0.350 e. The van der Waals surface area contributed by atoms with Gasteiger partial charge in [0.25, 0.3) is 12.9 Å². The maximum Gasteiger partial charge on any atom is 0.280 e. The third kappa shape index (κ3) is 3.69. The highest BCUT2D eigenvalue weighted by Gasteiger charge is 2.24. The van der Waals surface area contributed by atoms with Crippen molar-refractivity contribution in [3.05, 3.63) is 40.5 Å². The zero-order valence-corrected chi connectivity index (χ0v) is 15.4. The number of aromatic nitrogens is 5. The molecule has 11 heteroatoms. The molecule has 0 aromatic carbocycles. The van der Waals surface area contributed by atoms with Gasteiger partial charge in [-0.3, -0.25) is 9.48 Å². The second kappa shape index (κ2) is 7.56. The molecule has 3 aromatic heterocycles. The Morgan fingerprint density at radius 2 is 1.93 bits per heavy atom. The fourth-order valence-electron chi connectivity index (χ4n) is 2.90. The highest BCUT2D eigenvalue weighted by atomic mass is 19.3. The van der Waals surface area contributed by atoms with Crippen molar-refractivity contribution in [2.24, 2.45) is 7.05 Å². The number of alkyl halides is 4. The molecule has 0 aliphatic rings. The molecule has 0 spiro atoms. The number of hydrogen-bond donors (Lipinski definition) is 1. The Morgan fingerprint density at radius 1 is 1.21 bits per heavy atom. The van der Waals surface area contributed by atoms with Gasteiger partial charge in [0.2, 0.25) is 5.91 Å². The zero-order valence-electron chi connectivity index (χ0n) is 15.4. The van der Waals surface area contributed by atoms with Crippen molar-refractivity contribution in [1.29, 1.82) is 0 Å². The number of pyridine rings is 1. The van der Waals surface area contributed by atoms with Gasteiger partial charge in [-0.25, -0.2) is 27.2 Å². The van der Waals surface area contributed by atoms with Gasteiger partial charge < -0.3 is 5.32 Å². The lowest BCUT2D eigenvalue weighted by atomic mass is 10.1. The molecule has 0 atom stereocenters. The Kier molecular flexibility index (Phi) is 5.34. The number of rotatable bonds is 6. The lowest BCUT2D eigenvalue weighted by Crippen LogP contribution is -2.27. The van der Waals surface area contributed by atoms with Crippen molar-refractivity contribution >= 4 is 16.9 Å². The van der Waals surface area contributed by atoms with Crippen LogP contribution in [-0.4, -0.2) is 30.5 Å². The first-order valence-electron chi connectivity index (χ1n) is 8.37. The number of fused-ring (bicyclic) bond motifs is 1. The van der Waals surface area contributed by atoms with Gasteiger partial charge in [-0.2, -0.15) is 10.2 Å². The molecule has 0 fully saturated rings. The SMILES string of the molecule is Cc1nn(CC(=O)NCc2cnn(C)c2C)c2nc(C(F)F)cc(C(F)F)c12. The van der Waals surface area contributed by atoms with E-state index in [4.69, 9.17) is 0 Å². The first kappa shape index (κ1) is 19.8. The number of nitrogens with one attached hydrogen (secondary N) is 1. The molecule has 0 bridgehead atoms. The molecule has 28 heavy (non-hydrogen) atoms. The smallest absolute Gasteiger partial charge is 0.280 e. The van der Waals surface area contributed by atoms with Gasteiger partial charge in [0.15, 0.2) is 5.65 Å². The summed E-state index contributed by atoms with van der Waals surface area (Å²) < 4.78 is 55.5. The van der Waals surface area contributed by atoms with E-state index >= 15 is 0 Å². The van der Waals surface area contributed by atoms with Gasteiger partial charge in [-0.05, 0) is 19.9 Å². The van der Waals surface area contributed by atoms with Crippen LogP contribution in [0, 0.1) is 13.8 Å². The molecule has 1 amide bonds. The second-order valence-corrected chi connectivity index (χ2v) is 6.33. The van der Waals surface area contributed by atoms with E-state index in [2.05, 4.69) is 20.5 Å². The summed E-state index contributed by atoms with van der Waals surface area (Å²) in [6.07, 6.45) is -4.37. The normalized spacial score (nSPS) is 11.8. The minimum absolute atomic E-state index is 0.0182. The Bertz CT molecular complexity index is 1030. The van der Waals surface area contributed by atoms with Crippen LogP contribution < -0.4 is 5.32 Å². The molecule has 0 radical (unpaired) electrons. The van der Waals surface area contributed by atoms with Crippen LogP contribution >= 0.6 is 0 Å². The molecule has 0 aliphatic carbocycles. The Hall–Kier alpha value is -2.98. The molecule has 0 aliphatic heterocycles. The number of carbonyl (C=O) groups is 1. The highest BCUT2D eigenvalue weighted by Crippen LogP contribution is 2.32. The Labute approximate surface area is 157 Å². The van der Waals surface area contributed by atoms with Crippen molar-refractivity contribution in [2.45, 2.75) is 39.8 Å². The lowest BCUT2D eigenvalue weighted by molar-refractivity contribution is -0.121. The van der Waals surface area contributed by atoms with Gasteiger partial charge in [-0.1, -0.05) is 0 Å². The number of hydrogen-bond acceptors (Lipinski definition) is 4. The summed E-state index contributed by atoms with van der Waals surface area (Å²) in [5.41, 5.74) is 0.361. The molecule has 0 unspecified atom stereocenters. The number of amides is 1. The maximum absolute atomic E-state index is 13.3. The number of aryl methyl sites for hydroxylation is 2. The van der Waals surface area contributed by atoms with Crippen molar-refractivity contribution in [1.82, 2.24) is 29.9 Å². The van der Waals surface area contributed by atoms with Crippen LogP contribution in [-0.2, 0) is 24.9 Å². The van der Waals surface area contributed by atoms with Crippen LogP contribution in [0.25, 0.3) is 11.0 Å². The second-order valence-electron chi connectivity index (χ2n) is 6.33. The number of nitrogens with zero attached hydrogens (tertiary/aromatic N) is 5. The van der Waals surface area contributed by atoms with E-state index < -0.39 is 30.0 Å². The maximum atomic E-state index is 13.3. The van der Waals surface area contributed by atoms with E-state index in [9.17, 15) is 22.4 Å². The monoisotopic (exact) mass is 398 g/mol. The van der Waals surface area contributed by atoms with Crippen LogP contribution in [0.5, 0.6) is 0 Å². The van der Waals surface area contributed by atoms with E-state index in [-0.39, 0.29) is 29.8 Å². The Balaban J connectivity index is 1.88. The highest BCUT2D eigenvalue weighted by molar-refractivity contribution is 5.84. The van der Waals surface area contributed by atoms with E-state index in [1.807, 2.05) is 6.92 Å². The summed E-state index contributed by atoms with van der Waals surface area (Å²) in [5.74, 6) is -0.462. The van der Waals surface area contributed by atoms with E-state index in [1.54, 1.807) is 17.9 Å². The standard InChI is InChI=1S/C17H18F4N6O/c1-8-14-11(15(18)19)4-12(16(20)21)24-17(14)27(25-8)7-13(28)22-5-10-6-23-26(3)9(10)2/h4,6,15-16H,5,7H2,1-3H3,(H,22,28). The number of halogens is 4. The summed E-state index contributed by atoms with van der Waals surface area (Å²) in [6.45, 7) is 3.19. The molecule has 0 saturated carbocycles. The topological polar surface area (TPSA) is 77.6 Å². The van der Waals surface area contributed by atoms with Crippen LogP contribution in [0.4, 0.5) is 17.6 Å². The average Bonchev–Trinajstić information content (AvgIpc) is 3.12. The lowest BCUT2D eigenvalue weighted by Gasteiger charge is -2.08. The molecule has 3 aromatic rings. The molecule has 3 heterocycles. The average molecular weight is 398 g/mol. The molecular weight excluding hydrogens is 380 g/mol. The van der Waals surface area contributed by atoms with Crippen molar-refractivity contribution in [3.8, 4) is 0 Å². The third-order valence-corrected chi connectivity index (χ3v) is 4.49. The van der Waals surface area contributed by atoms with Crippen molar-refractivity contribution < 1.29 is 22.4 Å². The fourth-order valence-corrected chi connectivity index (χ4v) is 2.90. The van der Waals surface area contributed by atoms with Crippen molar-refractivity contribution in [3.63, 3.8) is 0 Å². The quantitative estimate of drug-likeness (QED) is 0.648. The van der Waals surface area contributed by atoms with Gasteiger partial charge >= 0.3 is 0 Å². The van der Waals surface area contributed by atoms with Crippen molar-refractivity contribution in [2.75, 3.05) is 0 Å². The summed E-state index contributed by atoms with van der Waals surface area (Å²) in [4.78, 5) is 16.0. The molecule has 1 N–H and O–H groups in total. The van der Waals surface area contributed by atoms with Gasteiger partial charge in [-0.15, -0.1) is 0 Å². The zero-order chi connectivity index (χ0) is 20.6. The fraction of sp³-hybridized carbons (Fsp3) is 0.412. The first-order valence-corrected chi connectivity index (χ1v) is 8.37. The first-order chi connectivity index (χ1) is 13.2. The van der Waals surface area contributed by atoms with Crippen LogP contribution in [0.3, 0.4) is 0 Å². The van der Waals surface area contributed by atoms with Gasteiger partial charge in [0, 0.05) is 30.4 Å². The predicted octanol–water partition coefficient (Wildman–Crippen LogP) is 2.97. The minimum atomic E-state index is -3.02. The third-order valence-electron chi connectivity index (χ3n) is 4.49. The summed E-state index contributed by atoms with van der Waals surface area (Å²) >= 11 is 0. The van der Waals surface area contributed by atoms with Crippen LogP contribution in [0.15, 0.2) is 12.3 Å². The summed E-state index contributed by atoms with van der Waals surface area (Å²) in [5, 5.41) is 10.8. The van der Waals surface area contributed by atoms with Gasteiger partial charge in [0.05, 0.1) is 17.3 Å². The molecule has 3 rings (SSSR count).